The Morgan fingerprint density at radius 3 is 2.68 bits per heavy atom. The minimum absolute atomic E-state index is 0.0465. The van der Waals surface area contributed by atoms with E-state index in [1.165, 1.54) is 0 Å². The third-order valence-corrected chi connectivity index (χ3v) is 3.50. The predicted octanol–water partition coefficient (Wildman–Crippen LogP) is 1.88. The molecule has 1 heterocycles. The normalized spacial score (nSPS) is 17.1. The number of hydrogen-bond acceptors (Lipinski definition) is 3. The van der Waals surface area contributed by atoms with Crippen LogP contribution in [0, 0.1) is 0 Å². The van der Waals surface area contributed by atoms with Crippen LogP contribution in [0.5, 0.6) is 5.75 Å². The molecule has 5 heteroatoms. The second-order valence-corrected chi connectivity index (χ2v) is 5.22. The first-order valence-electron chi connectivity index (χ1n) is 6.50. The highest BCUT2D eigenvalue weighted by Gasteiger charge is 2.17. The number of halogens is 1. The number of ether oxygens (including phenoxy) is 1. The van der Waals surface area contributed by atoms with E-state index in [0.29, 0.717) is 10.8 Å². The standard InChI is InChI=1S/C14H19ClN2O2/c1-16-7-2-8-17(10-9-16)14(18)11-19-13-5-3-12(15)4-6-13/h3-6H,2,7-11H2,1H3. The highest BCUT2D eigenvalue weighted by molar-refractivity contribution is 6.30. The van der Waals surface area contributed by atoms with E-state index in [2.05, 4.69) is 11.9 Å². The smallest absolute Gasteiger partial charge is 0.260 e. The van der Waals surface area contributed by atoms with E-state index in [9.17, 15) is 4.79 Å². The van der Waals surface area contributed by atoms with Crippen molar-refractivity contribution >= 4 is 17.5 Å². The van der Waals surface area contributed by atoms with Gasteiger partial charge in [0.2, 0.25) is 0 Å². The van der Waals surface area contributed by atoms with Gasteiger partial charge in [0.1, 0.15) is 5.75 Å². The summed E-state index contributed by atoms with van der Waals surface area (Å²) in [6, 6.07) is 7.04. The lowest BCUT2D eigenvalue weighted by Crippen LogP contribution is -2.37. The molecule has 0 atom stereocenters. The molecule has 0 saturated carbocycles. The predicted molar refractivity (Wildman–Crippen MR) is 75.6 cm³/mol. The summed E-state index contributed by atoms with van der Waals surface area (Å²) in [5.41, 5.74) is 0. The Morgan fingerprint density at radius 1 is 1.21 bits per heavy atom. The summed E-state index contributed by atoms with van der Waals surface area (Å²) in [6.07, 6.45) is 1.02. The molecule has 1 aromatic carbocycles. The van der Waals surface area contributed by atoms with Crippen LogP contribution >= 0.6 is 11.6 Å². The van der Waals surface area contributed by atoms with Gasteiger partial charge in [-0.05, 0) is 44.3 Å². The Labute approximate surface area is 118 Å². The molecule has 1 aliphatic rings. The summed E-state index contributed by atoms with van der Waals surface area (Å²) >= 11 is 5.79. The molecule has 1 saturated heterocycles. The second-order valence-electron chi connectivity index (χ2n) is 4.78. The molecule has 1 fully saturated rings. The number of nitrogens with zero attached hydrogens (tertiary/aromatic N) is 2. The monoisotopic (exact) mass is 282 g/mol. The van der Waals surface area contributed by atoms with Crippen LogP contribution in [-0.4, -0.2) is 55.5 Å². The summed E-state index contributed by atoms with van der Waals surface area (Å²) < 4.78 is 5.48. The Bertz CT molecular complexity index is 422. The van der Waals surface area contributed by atoms with Crippen molar-refractivity contribution in [3.8, 4) is 5.75 Å². The van der Waals surface area contributed by atoms with E-state index in [4.69, 9.17) is 16.3 Å². The zero-order valence-corrected chi connectivity index (χ0v) is 11.9. The van der Waals surface area contributed by atoms with Crippen molar-refractivity contribution in [3.05, 3.63) is 29.3 Å². The van der Waals surface area contributed by atoms with Gasteiger partial charge in [0, 0.05) is 24.7 Å². The first-order valence-corrected chi connectivity index (χ1v) is 6.87. The largest absolute Gasteiger partial charge is 0.484 e. The zero-order chi connectivity index (χ0) is 13.7. The molecule has 4 nitrogen and oxygen atoms in total. The fourth-order valence-electron chi connectivity index (χ4n) is 2.06. The lowest BCUT2D eigenvalue weighted by atomic mass is 10.3. The molecular formula is C14H19ClN2O2. The number of hydrogen-bond donors (Lipinski definition) is 0. The third kappa shape index (κ3) is 4.40. The summed E-state index contributed by atoms with van der Waals surface area (Å²) in [7, 11) is 2.08. The van der Waals surface area contributed by atoms with Crippen molar-refractivity contribution in [2.75, 3.05) is 39.8 Å². The maximum atomic E-state index is 12.1. The minimum atomic E-state index is 0.0465. The molecule has 1 aliphatic heterocycles. The average molecular weight is 283 g/mol. The van der Waals surface area contributed by atoms with E-state index < -0.39 is 0 Å². The van der Waals surface area contributed by atoms with E-state index in [0.717, 1.165) is 32.6 Å². The van der Waals surface area contributed by atoms with Crippen molar-refractivity contribution in [1.82, 2.24) is 9.80 Å². The topological polar surface area (TPSA) is 32.8 Å². The quantitative estimate of drug-likeness (QED) is 0.849. The average Bonchev–Trinajstić information content (AvgIpc) is 2.63. The van der Waals surface area contributed by atoms with Gasteiger partial charge < -0.3 is 14.5 Å². The molecule has 2 rings (SSSR count). The SMILES string of the molecule is CN1CCCN(C(=O)COc2ccc(Cl)cc2)CC1. The van der Waals surface area contributed by atoms with Gasteiger partial charge in [-0.2, -0.15) is 0 Å². The van der Waals surface area contributed by atoms with Crippen LogP contribution in [-0.2, 0) is 4.79 Å². The maximum absolute atomic E-state index is 12.1. The van der Waals surface area contributed by atoms with Gasteiger partial charge in [0.05, 0.1) is 0 Å². The van der Waals surface area contributed by atoms with Crippen molar-refractivity contribution in [2.45, 2.75) is 6.42 Å². The molecule has 0 aliphatic carbocycles. The number of benzene rings is 1. The van der Waals surface area contributed by atoms with Crippen molar-refractivity contribution in [1.29, 1.82) is 0 Å². The van der Waals surface area contributed by atoms with Crippen LogP contribution in [0.25, 0.3) is 0 Å². The number of amides is 1. The van der Waals surface area contributed by atoms with Crippen LogP contribution < -0.4 is 4.74 Å². The summed E-state index contributed by atoms with van der Waals surface area (Å²) in [5, 5.41) is 0.661. The summed E-state index contributed by atoms with van der Waals surface area (Å²) in [5.74, 6) is 0.718. The second kappa shape index (κ2) is 6.78. The first-order chi connectivity index (χ1) is 9.15. The first kappa shape index (κ1) is 14.2. The van der Waals surface area contributed by atoms with Crippen molar-refractivity contribution < 1.29 is 9.53 Å². The molecule has 0 spiro atoms. The van der Waals surface area contributed by atoms with E-state index in [1.807, 2.05) is 4.90 Å². The maximum Gasteiger partial charge on any atom is 0.260 e. The van der Waals surface area contributed by atoms with Crippen LogP contribution in [0.4, 0.5) is 0 Å². The molecule has 0 unspecified atom stereocenters. The van der Waals surface area contributed by atoms with E-state index in [-0.39, 0.29) is 12.5 Å². The van der Waals surface area contributed by atoms with Crippen LogP contribution in [0.3, 0.4) is 0 Å². The molecule has 104 valence electrons. The lowest BCUT2D eigenvalue weighted by molar-refractivity contribution is -0.133. The molecule has 0 radical (unpaired) electrons. The van der Waals surface area contributed by atoms with Gasteiger partial charge in [-0.15, -0.1) is 0 Å². The molecule has 0 bridgehead atoms. The van der Waals surface area contributed by atoms with Crippen molar-refractivity contribution in [3.63, 3.8) is 0 Å². The van der Waals surface area contributed by atoms with Gasteiger partial charge in [0.25, 0.3) is 5.91 Å². The van der Waals surface area contributed by atoms with E-state index in [1.54, 1.807) is 24.3 Å². The number of rotatable bonds is 3. The summed E-state index contributed by atoms with van der Waals surface area (Å²) in [6.45, 7) is 3.65. The fourth-order valence-corrected chi connectivity index (χ4v) is 2.19. The molecule has 1 aromatic rings. The van der Waals surface area contributed by atoms with Gasteiger partial charge in [0.15, 0.2) is 6.61 Å². The lowest BCUT2D eigenvalue weighted by Gasteiger charge is -2.20. The molecule has 0 N–H and O–H groups in total. The van der Waals surface area contributed by atoms with Crippen LogP contribution in [0.2, 0.25) is 5.02 Å². The molecular weight excluding hydrogens is 264 g/mol. The molecule has 19 heavy (non-hydrogen) atoms. The van der Waals surface area contributed by atoms with Crippen LogP contribution in [0.1, 0.15) is 6.42 Å². The number of carbonyl (C=O) groups is 1. The number of carbonyl (C=O) groups excluding carboxylic acids is 1. The molecule has 1 amide bonds. The van der Waals surface area contributed by atoms with Gasteiger partial charge in [-0.25, -0.2) is 0 Å². The Morgan fingerprint density at radius 2 is 1.95 bits per heavy atom. The van der Waals surface area contributed by atoms with Gasteiger partial charge in [-0.3, -0.25) is 4.79 Å². The van der Waals surface area contributed by atoms with Gasteiger partial charge >= 0.3 is 0 Å². The Hall–Kier alpha value is -1.26. The van der Waals surface area contributed by atoms with Gasteiger partial charge in [-0.1, -0.05) is 11.6 Å². The fraction of sp³-hybridized carbons (Fsp3) is 0.500. The molecule has 0 aromatic heterocycles. The highest BCUT2D eigenvalue weighted by Crippen LogP contribution is 2.15. The van der Waals surface area contributed by atoms with Crippen LogP contribution in [0.15, 0.2) is 24.3 Å². The third-order valence-electron chi connectivity index (χ3n) is 3.25. The van der Waals surface area contributed by atoms with Crippen molar-refractivity contribution in [2.24, 2.45) is 0 Å². The highest BCUT2D eigenvalue weighted by atomic mass is 35.5. The minimum Gasteiger partial charge on any atom is -0.484 e. The zero-order valence-electron chi connectivity index (χ0n) is 11.1. The Balaban J connectivity index is 1.82. The number of likely N-dealkylation sites (N-methyl/N-ethyl adjacent to an activating group) is 1. The summed E-state index contributed by atoms with van der Waals surface area (Å²) in [4.78, 5) is 16.2. The Kier molecular flexibility index (Phi) is 5.05. The van der Waals surface area contributed by atoms with E-state index >= 15 is 0 Å².